The SMILES string of the molecule is C=C/C(=C\C=C/C)N(C)CSC.CC.CC.CC. The van der Waals surface area contributed by atoms with Crippen molar-refractivity contribution < 1.29 is 0 Å². The van der Waals surface area contributed by atoms with E-state index in [1.807, 2.05) is 66.7 Å². The summed E-state index contributed by atoms with van der Waals surface area (Å²) in [7, 11) is 2.06. The first-order valence-electron chi connectivity index (χ1n) is 6.91. The fourth-order valence-corrected chi connectivity index (χ4v) is 1.35. The molecule has 0 aromatic carbocycles. The molecule has 0 aliphatic rings. The molecule has 0 fully saturated rings. The third-order valence-corrected chi connectivity index (χ3v) is 2.08. The van der Waals surface area contributed by atoms with Crippen LogP contribution in [-0.4, -0.2) is 24.1 Å². The number of thioether (sulfide) groups is 1. The number of hydrogen-bond donors (Lipinski definition) is 0. The zero-order chi connectivity index (χ0) is 15.4. The lowest BCUT2D eigenvalue weighted by molar-refractivity contribution is 0.510. The Morgan fingerprint density at radius 2 is 1.56 bits per heavy atom. The summed E-state index contributed by atoms with van der Waals surface area (Å²) in [5.41, 5.74) is 1.16. The van der Waals surface area contributed by atoms with Gasteiger partial charge in [-0.25, -0.2) is 0 Å². The zero-order valence-corrected chi connectivity index (χ0v) is 14.9. The van der Waals surface area contributed by atoms with E-state index in [1.165, 1.54) is 0 Å². The molecule has 0 radical (unpaired) electrons. The van der Waals surface area contributed by atoms with Crippen molar-refractivity contribution in [1.82, 2.24) is 4.90 Å². The van der Waals surface area contributed by atoms with Crippen LogP contribution in [0.25, 0.3) is 0 Å². The van der Waals surface area contributed by atoms with Gasteiger partial charge < -0.3 is 4.90 Å². The van der Waals surface area contributed by atoms with Gasteiger partial charge in [0.2, 0.25) is 0 Å². The van der Waals surface area contributed by atoms with Crippen LogP contribution in [0.1, 0.15) is 48.5 Å². The largest absolute Gasteiger partial charge is 0.365 e. The quantitative estimate of drug-likeness (QED) is 0.449. The molecule has 18 heavy (non-hydrogen) atoms. The Balaban J connectivity index is -0.000000141. The minimum atomic E-state index is 0.995. The first kappa shape index (κ1) is 26.0. The van der Waals surface area contributed by atoms with Crippen LogP contribution in [0.2, 0.25) is 0 Å². The third-order valence-electron chi connectivity index (χ3n) is 1.43. The maximum atomic E-state index is 3.76. The molecule has 0 aromatic rings. The standard InChI is InChI=1S/C10H17NS.3C2H6/c1-5-7-8-10(6-2)11(3)9-12-4;3*1-2/h5-8H,2,9H2,1,3-4H3;3*1-2H3/b7-5-,10-8+;;;. The minimum Gasteiger partial charge on any atom is -0.365 e. The first-order chi connectivity index (χ1) is 8.76. The second kappa shape index (κ2) is 29.9. The van der Waals surface area contributed by atoms with Crippen LogP contribution in [0.4, 0.5) is 0 Å². The summed E-state index contributed by atoms with van der Waals surface area (Å²) in [5, 5.41) is 0. The second-order valence-electron chi connectivity index (χ2n) is 2.44. The lowest BCUT2D eigenvalue weighted by Crippen LogP contribution is -2.14. The van der Waals surface area contributed by atoms with E-state index in [1.54, 1.807) is 11.8 Å². The van der Waals surface area contributed by atoms with Gasteiger partial charge in [-0.2, -0.15) is 0 Å². The summed E-state index contributed by atoms with van der Waals surface area (Å²) in [6, 6.07) is 0. The van der Waals surface area contributed by atoms with Gasteiger partial charge in [-0.1, -0.05) is 60.3 Å². The lowest BCUT2D eigenvalue weighted by Gasteiger charge is -2.18. The van der Waals surface area contributed by atoms with Gasteiger partial charge in [0.05, 0.1) is 5.88 Å². The fourth-order valence-electron chi connectivity index (χ4n) is 0.814. The number of allylic oxidation sites excluding steroid dienone is 4. The molecule has 0 bridgehead atoms. The van der Waals surface area contributed by atoms with Crippen LogP contribution in [0.5, 0.6) is 0 Å². The smallest absolute Gasteiger partial charge is 0.0633 e. The molecule has 0 saturated carbocycles. The molecule has 0 rings (SSSR count). The maximum absolute atomic E-state index is 3.76. The summed E-state index contributed by atoms with van der Waals surface area (Å²) < 4.78 is 0. The highest BCUT2D eigenvalue weighted by molar-refractivity contribution is 7.98. The second-order valence-corrected chi connectivity index (χ2v) is 3.27. The summed E-state index contributed by atoms with van der Waals surface area (Å²) in [6.07, 6.45) is 10.1. The Kier molecular flexibility index (Phi) is 43.3. The third kappa shape index (κ3) is 20.7. The normalized spacial score (nSPS) is 9.06. The van der Waals surface area contributed by atoms with Crippen LogP contribution in [-0.2, 0) is 0 Å². The van der Waals surface area contributed by atoms with E-state index in [0.29, 0.717) is 0 Å². The maximum Gasteiger partial charge on any atom is 0.0633 e. The van der Waals surface area contributed by atoms with Gasteiger partial charge in [0.1, 0.15) is 0 Å². The molecule has 0 heterocycles. The Bertz CT molecular complexity index is 184. The summed E-state index contributed by atoms with van der Waals surface area (Å²) in [4.78, 5) is 2.16. The van der Waals surface area contributed by atoms with Crippen LogP contribution in [0.3, 0.4) is 0 Å². The highest BCUT2D eigenvalue weighted by Gasteiger charge is 1.96. The molecular formula is C16H35NS. The van der Waals surface area contributed by atoms with Crippen LogP contribution < -0.4 is 0 Å². The van der Waals surface area contributed by atoms with Crippen molar-refractivity contribution in [2.24, 2.45) is 0 Å². The van der Waals surface area contributed by atoms with Crippen LogP contribution >= 0.6 is 11.8 Å². The van der Waals surface area contributed by atoms with Gasteiger partial charge >= 0.3 is 0 Å². The minimum absolute atomic E-state index is 0.995. The number of likely N-dealkylation sites (N-methyl/N-ethyl adjacent to an activating group) is 1. The van der Waals surface area contributed by atoms with E-state index in [-0.39, 0.29) is 0 Å². The topological polar surface area (TPSA) is 3.24 Å². The molecule has 0 atom stereocenters. The summed E-state index contributed by atoms with van der Waals surface area (Å²) in [5.74, 6) is 0.995. The molecule has 110 valence electrons. The molecule has 2 heteroatoms. The van der Waals surface area contributed by atoms with E-state index in [0.717, 1.165) is 11.6 Å². The van der Waals surface area contributed by atoms with E-state index < -0.39 is 0 Å². The molecule has 0 amide bonds. The zero-order valence-electron chi connectivity index (χ0n) is 14.1. The van der Waals surface area contributed by atoms with Gasteiger partial charge in [0, 0.05) is 12.7 Å². The van der Waals surface area contributed by atoms with Gasteiger partial charge in [0.15, 0.2) is 0 Å². The Morgan fingerprint density at radius 3 is 1.83 bits per heavy atom. The van der Waals surface area contributed by atoms with Crippen molar-refractivity contribution in [3.8, 4) is 0 Å². The highest BCUT2D eigenvalue weighted by Crippen LogP contribution is 2.06. The summed E-state index contributed by atoms with van der Waals surface area (Å²) >= 11 is 1.80. The van der Waals surface area contributed by atoms with Gasteiger partial charge in [-0.15, -0.1) is 11.8 Å². The Hall–Kier alpha value is -0.630. The number of rotatable bonds is 5. The predicted molar refractivity (Wildman–Crippen MR) is 93.3 cm³/mol. The molecule has 0 unspecified atom stereocenters. The molecule has 0 aliphatic carbocycles. The molecule has 0 aliphatic heterocycles. The first-order valence-corrected chi connectivity index (χ1v) is 8.31. The molecular weight excluding hydrogens is 238 g/mol. The highest BCUT2D eigenvalue weighted by atomic mass is 32.2. The Labute approximate surface area is 121 Å². The van der Waals surface area contributed by atoms with Crippen molar-refractivity contribution in [3.63, 3.8) is 0 Å². The van der Waals surface area contributed by atoms with Crippen LogP contribution in [0.15, 0.2) is 36.6 Å². The monoisotopic (exact) mass is 273 g/mol. The molecule has 0 saturated heterocycles. The van der Waals surface area contributed by atoms with Crippen molar-refractivity contribution in [1.29, 1.82) is 0 Å². The molecule has 0 aromatic heterocycles. The fraction of sp³-hybridized carbons (Fsp3) is 0.625. The van der Waals surface area contributed by atoms with Gasteiger partial charge in [-0.3, -0.25) is 0 Å². The molecule has 0 N–H and O–H groups in total. The van der Waals surface area contributed by atoms with Crippen molar-refractivity contribution >= 4 is 11.8 Å². The predicted octanol–water partition coefficient (Wildman–Crippen LogP) is 5.96. The van der Waals surface area contributed by atoms with Gasteiger partial charge in [0.25, 0.3) is 0 Å². The molecule has 1 nitrogen and oxygen atoms in total. The van der Waals surface area contributed by atoms with Crippen molar-refractivity contribution in [2.45, 2.75) is 48.5 Å². The van der Waals surface area contributed by atoms with Crippen molar-refractivity contribution in [2.75, 3.05) is 19.2 Å². The number of hydrogen-bond acceptors (Lipinski definition) is 2. The van der Waals surface area contributed by atoms with Crippen LogP contribution in [0, 0.1) is 0 Å². The molecule has 0 spiro atoms. The van der Waals surface area contributed by atoms with E-state index in [9.17, 15) is 0 Å². The number of nitrogens with zero attached hydrogens (tertiary/aromatic N) is 1. The van der Waals surface area contributed by atoms with E-state index in [4.69, 9.17) is 0 Å². The van der Waals surface area contributed by atoms with E-state index >= 15 is 0 Å². The Morgan fingerprint density at radius 1 is 1.11 bits per heavy atom. The average molecular weight is 274 g/mol. The van der Waals surface area contributed by atoms with Crippen molar-refractivity contribution in [3.05, 3.63) is 36.6 Å². The van der Waals surface area contributed by atoms with Gasteiger partial charge in [-0.05, 0) is 25.3 Å². The average Bonchev–Trinajstić information content (AvgIpc) is 2.46. The summed E-state index contributed by atoms with van der Waals surface area (Å²) in [6.45, 7) is 17.8. The lowest BCUT2D eigenvalue weighted by atomic mass is 10.3. The van der Waals surface area contributed by atoms with E-state index in [2.05, 4.69) is 30.9 Å².